The molecule has 4 rings (SSSR count). The Bertz CT molecular complexity index is 962. The highest BCUT2D eigenvalue weighted by Crippen LogP contribution is 2.37. The Hall–Kier alpha value is -2.16. The van der Waals surface area contributed by atoms with Crippen LogP contribution in [-0.4, -0.2) is 43.0 Å². The van der Waals surface area contributed by atoms with Crippen LogP contribution in [0.25, 0.3) is 10.9 Å². The molecule has 142 valence electrons. The monoisotopic (exact) mass is 368 g/mol. The second-order valence-electron chi connectivity index (χ2n) is 8.18. The number of hydrogen-bond donors (Lipinski definition) is 1. The molecule has 7 nitrogen and oxygen atoms in total. The number of aryl methyl sites for hydroxylation is 1. The van der Waals surface area contributed by atoms with Gasteiger partial charge in [0.15, 0.2) is 0 Å². The quantitative estimate of drug-likeness (QED) is 0.711. The van der Waals surface area contributed by atoms with E-state index in [9.17, 15) is 5.11 Å². The zero-order valence-electron chi connectivity index (χ0n) is 16.4. The third-order valence-electron chi connectivity index (χ3n) is 5.61. The number of fused-ring (bicyclic) bond motifs is 1. The standard InChI is InChI=1S/C19H25BN4O3/c1-18(2)19(3,4)27-20(26-18)15-7-6-8-16-14(15)11-24(22-16)12-17(25)13-9-21-23(5)10-13/h6-11,17,25H,12H2,1-5H3. The zero-order chi connectivity index (χ0) is 19.4. The van der Waals surface area contributed by atoms with Gasteiger partial charge in [0.1, 0.15) is 6.10 Å². The molecular weight excluding hydrogens is 343 g/mol. The molecule has 0 bridgehead atoms. The lowest BCUT2D eigenvalue weighted by Gasteiger charge is -2.32. The highest BCUT2D eigenvalue weighted by atomic mass is 16.7. The fourth-order valence-corrected chi connectivity index (χ4v) is 3.28. The average Bonchev–Trinajstić information content (AvgIpc) is 3.23. The van der Waals surface area contributed by atoms with Gasteiger partial charge in [0, 0.05) is 30.4 Å². The Balaban J connectivity index is 1.63. The van der Waals surface area contributed by atoms with Gasteiger partial charge in [-0.05, 0) is 39.2 Å². The number of nitrogens with zero attached hydrogens (tertiary/aromatic N) is 4. The normalized spacial score (nSPS) is 19.7. The summed E-state index contributed by atoms with van der Waals surface area (Å²) in [6.07, 6.45) is 4.75. The zero-order valence-corrected chi connectivity index (χ0v) is 16.4. The maximum atomic E-state index is 10.5. The van der Waals surface area contributed by atoms with E-state index in [1.165, 1.54) is 0 Å². The van der Waals surface area contributed by atoms with Gasteiger partial charge >= 0.3 is 7.12 Å². The molecule has 1 aliphatic heterocycles. The molecule has 0 amide bonds. The molecule has 27 heavy (non-hydrogen) atoms. The number of benzene rings is 1. The lowest BCUT2D eigenvalue weighted by atomic mass is 9.77. The summed E-state index contributed by atoms with van der Waals surface area (Å²) in [5, 5.41) is 20.2. The maximum Gasteiger partial charge on any atom is 0.495 e. The van der Waals surface area contributed by atoms with E-state index < -0.39 is 24.4 Å². The van der Waals surface area contributed by atoms with Crippen LogP contribution in [0.2, 0.25) is 0 Å². The van der Waals surface area contributed by atoms with Gasteiger partial charge in [0.25, 0.3) is 0 Å². The van der Waals surface area contributed by atoms with Crippen LogP contribution >= 0.6 is 0 Å². The lowest BCUT2D eigenvalue weighted by Crippen LogP contribution is -2.41. The third-order valence-corrected chi connectivity index (χ3v) is 5.61. The minimum absolute atomic E-state index is 0.350. The van der Waals surface area contributed by atoms with Crippen LogP contribution in [0.1, 0.15) is 39.4 Å². The first kappa shape index (κ1) is 18.2. The fraction of sp³-hybridized carbons (Fsp3) is 0.474. The van der Waals surface area contributed by atoms with E-state index in [1.54, 1.807) is 15.6 Å². The molecule has 2 aromatic heterocycles. The van der Waals surface area contributed by atoms with E-state index in [-0.39, 0.29) is 0 Å². The summed E-state index contributed by atoms with van der Waals surface area (Å²) in [6, 6.07) is 5.92. The van der Waals surface area contributed by atoms with Crippen molar-refractivity contribution >= 4 is 23.5 Å². The van der Waals surface area contributed by atoms with Crippen molar-refractivity contribution in [2.45, 2.75) is 51.5 Å². The number of rotatable bonds is 4. The molecule has 0 spiro atoms. The number of aromatic nitrogens is 4. The highest BCUT2D eigenvalue weighted by Gasteiger charge is 2.52. The second kappa shape index (κ2) is 6.19. The summed E-state index contributed by atoms with van der Waals surface area (Å²) in [4.78, 5) is 0. The van der Waals surface area contributed by atoms with E-state index in [2.05, 4.69) is 10.2 Å². The minimum Gasteiger partial charge on any atom is -0.399 e. The van der Waals surface area contributed by atoms with Crippen molar-refractivity contribution in [1.29, 1.82) is 0 Å². The summed E-state index contributed by atoms with van der Waals surface area (Å²) in [6.45, 7) is 8.52. The molecule has 1 atom stereocenters. The maximum absolute atomic E-state index is 10.5. The Morgan fingerprint density at radius 2 is 1.85 bits per heavy atom. The molecular formula is C19H25BN4O3. The molecule has 1 aliphatic rings. The van der Waals surface area contributed by atoms with Gasteiger partial charge in [-0.3, -0.25) is 9.36 Å². The largest absolute Gasteiger partial charge is 0.495 e. The van der Waals surface area contributed by atoms with Crippen LogP contribution < -0.4 is 5.46 Å². The molecule has 1 aromatic carbocycles. The van der Waals surface area contributed by atoms with Gasteiger partial charge in [-0.25, -0.2) is 0 Å². The van der Waals surface area contributed by atoms with Crippen molar-refractivity contribution in [3.63, 3.8) is 0 Å². The predicted octanol–water partition coefficient (Wildman–Crippen LogP) is 1.80. The summed E-state index contributed by atoms with van der Waals surface area (Å²) in [5.41, 5.74) is 1.77. The predicted molar refractivity (Wildman–Crippen MR) is 104 cm³/mol. The van der Waals surface area contributed by atoms with Crippen LogP contribution in [0, 0.1) is 0 Å². The molecule has 0 saturated carbocycles. The third kappa shape index (κ3) is 3.18. The number of aliphatic hydroxyl groups is 1. The molecule has 0 radical (unpaired) electrons. The highest BCUT2D eigenvalue weighted by molar-refractivity contribution is 6.65. The van der Waals surface area contributed by atoms with Crippen molar-refractivity contribution in [1.82, 2.24) is 19.6 Å². The molecule has 1 saturated heterocycles. The number of hydrogen-bond acceptors (Lipinski definition) is 5. The van der Waals surface area contributed by atoms with Gasteiger partial charge in [0.05, 0.1) is 29.5 Å². The lowest BCUT2D eigenvalue weighted by molar-refractivity contribution is 0.00578. The summed E-state index contributed by atoms with van der Waals surface area (Å²) >= 11 is 0. The Morgan fingerprint density at radius 1 is 1.15 bits per heavy atom. The molecule has 0 aliphatic carbocycles. The van der Waals surface area contributed by atoms with E-state index in [1.807, 2.05) is 65.3 Å². The summed E-state index contributed by atoms with van der Waals surface area (Å²) in [7, 11) is 1.38. The molecule has 3 aromatic rings. The van der Waals surface area contributed by atoms with Crippen LogP contribution in [0.5, 0.6) is 0 Å². The Morgan fingerprint density at radius 3 is 2.48 bits per heavy atom. The van der Waals surface area contributed by atoms with E-state index in [0.717, 1.165) is 21.9 Å². The minimum atomic E-state index is -0.673. The van der Waals surface area contributed by atoms with Gasteiger partial charge < -0.3 is 14.4 Å². The SMILES string of the molecule is Cn1cc(C(O)Cn2cc3c(B4OC(C)(C)C(C)(C)O4)cccc3n2)cn1. The molecule has 1 fully saturated rings. The van der Waals surface area contributed by atoms with Crippen LogP contribution in [0.15, 0.2) is 36.8 Å². The molecule has 3 heterocycles. The van der Waals surface area contributed by atoms with E-state index in [4.69, 9.17) is 9.31 Å². The van der Waals surface area contributed by atoms with Crippen LogP contribution in [-0.2, 0) is 22.9 Å². The summed E-state index contributed by atoms with van der Waals surface area (Å²) < 4.78 is 15.8. The Kier molecular flexibility index (Phi) is 4.18. The van der Waals surface area contributed by atoms with Crippen molar-refractivity contribution in [3.8, 4) is 0 Å². The van der Waals surface area contributed by atoms with Crippen LogP contribution in [0.3, 0.4) is 0 Å². The second-order valence-corrected chi connectivity index (χ2v) is 8.18. The average molecular weight is 368 g/mol. The van der Waals surface area contributed by atoms with Gasteiger partial charge in [-0.15, -0.1) is 0 Å². The van der Waals surface area contributed by atoms with Crippen molar-refractivity contribution in [2.24, 2.45) is 7.05 Å². The first-order chi connectivity index (χ1) is 12.7. The van der Waals surface area contributed by atoms with Crippen molar-refractivity contribution in [2.75, 3.05) is 0 Å². The smallest absolute Gasteiger partial charge is 0.399 e. The van der Waals surface area contributed by atoms with E-state index in [0.29, 0.717) is 6.54 Å². The van der Waals surface area contributed by atoms with Gasteiger partial charge in [-0.1, -0.05) is 12.1 Å². The molecule has 1 N–H and O–H groups in total. The van der Waals surface area contributed by atoms with E-state index >= 15 is 0 Å². The topological polar surface area (TPSA) is 74.3 Å². The Labute approximate surface area is 159 Å². The van der Waals surface area contributed by atoms with Gasteiger partial charge in [-0.2, -0.15) is 10.2 Å². The molecule has 8 heteroatoms. The van der Waals surface area contributed by atoms with Crippen molar-refractivity contribution < 1.29 is 14.4 Å². The molecule has 1 unspecified atom stereocenters. The van der Waals surface area contributed by atoms with Gasteiger partial charge in [0.2, 0.25) is 0 Å². The van der Waals surface area contributed by atoms with Crippen LogP contribution in [0.4, 0.5) is 0 Å². The number of aliphatic hydroxyl groups excluding tert-OH is 1. The van der Waals surface area contributed by atoms with Crippen molar-refractivity contribution in [3.05, 3.63) is 42.4 Å². The first-order valence-electron chi connectivity index (χ1n) is 9.15. The fourth-order valence-electron chi connectivity index (χ4n) is 3.28. The first-order valence-corrected chi connectivity index (χ1v) is 9.15. The summed E-state index contributed by atoms with van der Waals surface area (Å²) in [5.74, 6) is 0.